The van der Waals surface area contributed by atoms with E-state index < -0.39 is 0 Å². The number of halogens is 1. The molecule has 1 aliphatic rings. The molecular formula is C23H26FN5O2. The Bertz CT molecular complexity index is 1030. The Hall–Kier alpha value is -3.10. The van der Waals surface area contributed by atoms with E-state index in [2.05, 4.69) is 20.5 Å². The van der Waals surface area contributed by atoms with Gasteiger partial charge in [-0.05, 0) is 36.2 Å². The quantitative estimate of drug-likeness (QED) is 0.632. The lowest BCUT2D eigenvalue weighted by Gasteiger charge is -2.26. The second-order valence-electron chi connectivity index (χ2n) is 7.67. The number of rotatable bonds is 7. The van der Waals surface area contributed by atoms with Crippen LogP contribution < -0.4 is 5.32 Å². The fourth-order valence-electron chi connectivity index (χ4n) is 3.56. The number of morpholine rings is 1. The molecule has 1 N–H and O–H groups in total. The van der Waals surface area contributed by atoms with Crippen LogP contribution in [-0.4, -0.2) is 65.2 Å². The van der Waals surface area contributed by atoms with E-state index >= 15 is 0 Å². The average Bonchev–Trinajstić information content (AvgIpc) is 3.25. The molecule has 31 heavy (non-hydrogen) atoms. The van der Waals surface area contributed by atoms with Gasteiger partial charge < -0.3 is 10.1 Å². The number of hydrogen-bond acceptors (Lipinski definition) is 5. The van der Waals surface area contributed by atoms with Gasteiger partial charge in [0.25, 0.3) is 5.91 Å². The second kappa shape index (κ2) is 9.80. The van der Waals surface area contributed by atoms with Crippen molar-refractivity contribution >= 4 is 5.91 Å². The predicted molar refractivity (Wildman–Crippen MR) is 115 cm³/mol. The van der Waals surface area contributed by atoms with Crippen molar-refractivity contribution in [1.82, 2.24) is 25.2 Å². The van der Waals surface area contributed by atoms with Crippen LogP contribution in [0.1, 0.15) is 21.5 Å². The van der Waals surface area contributed by atoms with Crippen LogP contribution in [-0.2, 0) is 11.3 Å². The second-order valence-corrected chi connectivity index (χ2v) is 7.67. The molecule has 1 saturated heterocycles. The van der Waals surface area contributed by atoms with Crippen LogP contribution >= 0.6 is 0 Å². The summed E-state index contributed by atoms with van der Waals surface area (Å²) in [5.74, 6) is -0.357. The lowest BCUT2D eigenvalue weighted by molar-refractivity contribution is 0.0383. The van der Waals surface area contributed by atoms with E-state index in [1.807, 2.05) is 31.3 Å². The first-order chi connectivity index (χ1) is 15.1. The Morgan fingerprint density at radius 2 is 1.94 bits per heavy atom. The molecule has 1 aliphatic heterocycles. The first-order valence-corrected chi connectivity index (χ1v) is 10.4. The molecule has 0 bridgehead atoms. The Kier molecular flexibility index (Phi) is 6.69. The summed E-state index contributed by atoms with van der Waals surface area (Å²) in [6.45, 7) is 7.12. The van der Waals surface area contributed by atoms with Crippen LogP contribution in [0.25, 0.3) is 11.3 Å². The number of benzene rings is 2. The number of aryl methyl sites for hydroxylation is 1. The molecule has 0 atom stereocenters. The van der Waals surface area contributed by atoms with Crippen molar-refractivity contribution in [2.45, 2.75) is 13.5 Å². The van der Waals surface area contributed by atoms with Crippen molar-refractivity contribution in [1.29, 1.82) is 0 Å². The maximum Gasteiger partial charge on any atom is 0.251 e. The lowest BCUT2D eigenvalue weighted by Crippen LogP contribution is -2.41. The number of aromatic nitrogens is 3. The maximum absolute atomic E-state index is 13.1. The fraction of sp³-hybridized carbons (Fsp3) is 0.348. The van der Waals surface area contributed by atoms with Gasteiger partial charge >= 0.3 is 0 Å². The number of ether oxygens (including phenoxy) is 1. The molecule has 1 aromatic heterocycles. The molecule has 1 amide bonds. The molecule has 0 saturated carbocycles. The number of nitrogens with zero attached hydrogens (tertiary/aromatic N) is 4. The molecule has 0 unspecified atom stereocenters. The molecule has 3 aromatic rings. The van der Waals surface area contributed by atoms with E-state index in [0.717, 1.165) is 49.5 Å². The standard InChI is InChI=1S/C23H26FN5O2/c1-17-2-5-19(14-21(17)23(30)25-8-9-28-10-12-31-13-11-28)22-16-29(27-26-22)15-18-3-6-20(24)7-4-18/h2-7,14,16H,8-13,15H2,1H3,(H,25,30). The van der Waals surface area contributed by atoms with Gasteiger partial charge in [0.1, 0.15) is 11.5 Å². The topological polar surface area (TPSA) is 72.3 Å². The fourth-order valence-corrected chi connectivity index (χ4v) is 3.56. The zero-order chi connectivity index (χ0) is 21.6. The SMILES string of the molecule is Cc1ccc(-c2cn(Cc3ccc(F)cc3)nn2)cc1C(=O)NCCN1CCOCC1. The summed E-state index contributed by atoms with van der Waals surface area (Å²) < 4.78 is 20.1. The van der Waals surface area contributed by atoms with Crippen LogP contribution in [0, 0.1) is 12.7 Å². The zero-order valence-electron chi connectivity index (χ0n) is 17.6. The molecule has 1 fully saturated rings. The molecule has 0 aliphatic carbocycles. The van der Waals surface area contributed by atoms with E-state index in [1.54, 1.807) is 16.8 Å². The first kappa shape index (κ1) is 21.1. The van der Waals surface area contributed by atoms with Crippen molar-refractivity contribution in [3.8, 4) is 11.3 Å². The van der Waals surface area contributed by atoms with Gasteiger partial charge in [0.2, 0.25) is 0 Å². The Morgan fingerprint density at radius 1 is 1.16 bits per heavy atom. The van der Waals surface area contributed by atoms with Crippen molar-refractivity contribution in [3.05, 3.63) is 71.2 Å². The normalized spacial score (nSPS) is 14.5. The first-order valence-electron chi connectivity index (χ1n) is 10.4. The van der Waals surface area contributed by atoms with Gasteiger partial charge in [-0.1, -0.05) is 29.5 Å². The third-order valence-electron chi connectivity index (χ3n) is 5.39. The van der Waals surface area contributed by atoms with Crippen molar-refractivity contribution in [3.63, 3.8) is 0 Å². The van der Waals surface area contributed by atoms with Crippen LogP contribution in [0.15, 0.2) is 48.7 Å². The van der Waals surface area contributed by atoms with Gasteiger partial charge in [0, 0.05) is 37.3 Å². The number of amides is 1. The lowest BCUT2D eigenvalue weighted by atomic mass is 10.0. The average molecular weight is 423 g/mol. The number of nitrogens with one attached hydrogen (secondary N) is 1. The predicted octanol–water partition coefficient (Wildman–Crippen LogP) is 2.50. The summed E-state index contributed by atoms with van der Waals surface area (Å²) in [6, 6.07) is 12.0. The third kappa shape index (κ3) is 5.53. The number of carbonyl (C=O) groups is 1. The van der Waals surface area contributed by atoms with Crippen molar-refractivity contribution in [2.24, 2.45) is 0 Å². The molecule has 0 radical (unpaired) electrons. The van der Waals surface area contributed by atoms with Gasteiger partial charge in [-0.2, -0.15) is 0 Å². The van der Waals surface area contributed by atoms with Crippen LogP contribution in [0.4, 0.5) is 4.39 Å². The smallest absolute Gasteiger partial charge is 0.251 e. The highest BCUT2D eigenvalue weighted by atomic mass is 19.1. The minimum absolute atomic E-state index is 0.0914. The summed E-state index contributed by atoms with van der Waals surface area (Å²) in [4.78, 5) is 15.0. The van der Waals surface area contributed by atoms with E-state index in [-0.39, 0.29) is 11.7 Å². The van der Waals surface area contributed by atoms with Gasteiger partial charge in [0.05, 0.1) is 26.0 Å². The highest BCUT2D eigenvalue weighted by molar-refractivity contribution is 5.96. The van der Waals surface area contributed by atoms with Gasteiger partial charge in [0.15, 0.2) is 0 Å². The number of hydrogen-bond donors (Lipinski definition) is 1. The molecule has 162 valence electrons. The summed E-state index contributed by atoms with van der Waals surface area (Å²) in [7, 11) is 0. The minimum Gasteiger partial charge on any atom is -0.379 e. The highest BCUT2D eigenvalue weighted by Crippen LogP contribution is 2.21. The molecule has 8 heteroatoms. The monoisotopic (exact) mass is 423 g/mol. The summed E-state index contributed by atoms with van der Waals surface area (Å²) in [5.41, 5.74) is 3.99. The van der Waals surface area contributed by atoms with E-state index in [9.17, 15) is 9.18 Å². The maximum atomic E-state index is 13.1. The van der Waals surface area contributed by atoms with E-state index in [4.69, 9.17) is 4.74 Å². The van der Waals surface area contributed by atoms with Crippen LogP contribution in [0.5, 0.6) is 0 Å². The molecule has 2 heterocycles. The van der Waals surface area contributed by atoms with Gasteiger partial charge in [-0.3, -0.25) is 9.69 Å². The van der Waals surface area contributed by atoms with Crippen LogP contribution in [0.2, 0.25) is 0 Å². The summed E-state index contributed by atoms with van der Waals surface area (Å²) in [5, 5.41) is 11.4. The molecule has 7 nitrogen and oxygen atoms in total. The van der Waals surface area contributed by atoms with Crippen LogP contribution in [0.3, 0.4) is 0 Å². The van der Waals surface area contributed by atoms with Gasteiger partial charge in [-0.25, -0.2) is 9.07 Å². The van der Waals surface area contributed by atoms with Crippen molar-refractivity contribution in [2.75, 3.05) is 39.4 Å². The van der Waals surface area contributed by atoms with Crippen molar-refractivity contribution < 1.29 is 13.9 Å². The summed E-state index contributed by atoms with van der Waals surface area (Å²) >= 11 is 0. The number of carbonyl (C=O) groups excluding carboxylic acids is 1. The Labute approximate surface area is 180 Å². The zero-order valence-corrected chi connectivity index (χ0v) is 17.6. The largest absolute Gasteiger partial charge is 0.379 e. The molecule has 0 spiro atoms. The molecular weight excluding hydrogens is 397 g/mol. The minimum atomic E-state index is -0.265. The summed E-state index contributed by atoms with van der Waals surface area (Å²) in [6.07, 6.45) is 1.83. The molecule has 4 rings (SSSR count). The van der Waals surface area contributed by atoms with E-state index in [1.165, 1.54) is 12.1 Å². The van der Waals surface area contributed by atoms with Gasteiger partial charge in [-0.15, -0.1) is 5.10 Å². The third-order valence-corrected chi connectivity index (χ3v) is 5.39. The Morgan fingerprint density at radius 3 is 2.71 bits per heavy atom. The highest BCUT2D eigenvalue weighted by Gasteiger charge is 2.14. The van der Waals surface area contributed by atoms with E-state index in [0.29, 0.717) is 24.3 Å². The Balaban J connectivity index is 1.40. The molecule has 2 aromatic carbocycles.